The topological polar surface area (TPSA) is 88.7 Å². The molecule has 1 fully saturated rings. The average Bonchev–Trinajstić information content (AvgIpc) is 2.88. The van der Waals surface area contributed by atoms with Crippen LogP contribution < -0.4 is 16.4 Å². The first-order valence-electron chi connectivity index (χ1n) is 7.96. The number of hydrogen-bond acceptors (Lipinski definition) is 6. The van der Waals surface area contributed by atoms with Crippen LogP contribution in [0.3, 0.4) is 0 Å². The minimum Gasteiger partial charge on any atom is -0.408 e. The minimum atomic E-state index is -0.505. The summed E-state index contributed by atoms with van der Waals surface area (Å²) in [7, 11) is 3.88. The van der Waals surface area contributed by atoms with Gasteiger partial charge in [-0.1, -0.05) is 0 Å². The van der Waals surface area contributed by atoms with Crippen molar-refractivity contribution in [2.75, 3.05) is 45.7 Å². The number of fused-ring (bicyclic) bond motifs is 1. The number of oxazole rings is 1. The molecule has 8 nitrogen and oxygen atoms in total. The molecular formula is C16H22N4O4. The van der Waals surface area contributed by atoms with E-state index in [0.717, 1.165) is 6.54 Å². The number of aromatic nitrogens is 1. The fourth-order valence-electron chi connectivity index (χ4n) is 2.61. The SMILES string of the molecule is CN(C)CCn1c(=O)oc2ccc(NC(=O)C3CNCCO3)cc21. The number of hydrogen-bond donors (Lipinski definition) is 2. The fraction of sp³-hybridized carbons (Fsp3) is 0.500. The number of likely N-dealkylation sites (N-methyl/N-ethyl adjacent to an activating group) is 1. The largest absolute Gasteiger partial charge is 0.419 e. The van der Waals surface area contributed by atoms with E-state index in [1.54, 1.807) is 22.8 Å². The molecule has 1 saturated heterocycles. The van der Waals surface area contributed by atoms with Gasteiger partial charge in [-0.2, -0.15) is 0 Å². The summed E-state index contributed by atoms with van der Waals surface area (Å²) in [5.74, 6) is -0.595. The molecule has 130 valence electrons. The molecule has 1 unspecified atom stereocenters. The molecule has 1 aliphatic heterocycles. The molecule has 0 radical (unpaired) electrons. The quantitative estimate of drug-likeness (QED) is 0.805. The van der Waals surface area contributed by atoms with E-state index >= 15 is 0 Å². The monoisotopic (exact) mass is 334 g/mol. The predicted molar refractivity (Wildman–Crippen MR) is 90.3 cm³/mol. The van der Waals surface area contributed by atoms with E-state index in [2.05, 4.69) is 10.6 Å². The van der Waals surface area contributed by atoms with Gasteiger partial charge in [0.1, 0.15) is 6.10 Å². The molecule has 1 atom stereocenters. The molecule has 24 heavy (non-hydrogen) atoms. The van der Waals surface area contributed by atoms with Gasteiger partial charge in [0.25, 0.3) is 5.91 Å². The molecule has 8 heteroatoms. The Labute approximate surface area is 139 Å². The van der Waals surface area contributed by atoms with Crippen LogP contribution in [0.4, 0.5) is 5.69 Å². The lowest BCUT2D eigenvalue weighted by Crippen LogP contribution is -2.45. The number of nitrogens with one attached hydrogen (secondary N) is 2. The van der Waals surface area contributed by atoms with Crippen molar-refractivity contribution in [1.82, 2.24) is 14.8 Å². The molecule has 0 bridgehead atoms. The molecular weight excluding hydrogens is 312 g/mol. The number of benzene rings is 1. The highest BCUT2D eigenvalue weighted by Crippen LogP contribution is 2.19. The summed E-state index contributed by atoms with van der Waals surface area (Å²) in [6.07, 6.45) is -0.505. The van der Waals surface area contributed by atoms with Crippen LogP contribution in [0.25, 0.3) is 11.1 Å². The lowest BCUT2D eigenvalue weighted by Gasteiger charge is -2.22. The highest BCUT2D eigenvalue weighted by atomic mass is 16.5. The summed E-state index contributed by atoms with van der Waals surface area (Å²) in [6.45, 7) is 3.00. The Balaban J connectivity index is 1.80. The molecule has 2 heterocycles. The standard InChI is InChI=1S/C16H22N4O4/c1-19(2)6-7-20-12-9-11(3-4-13(12)24-16(20)22)18-15(21)14-10-17-5-8-23-14/h3-4,9,14,17H,5-8,10H2,1-2H3,(H,18,21). The summed E-state index contributed by atoms with van der Waals surface area (Å²) in [5.41, 5.74) is 1.79. The molecule has 1 amide bonds. The van der Waals surface area contributed by atoms with Crippen LogP contribution in [0.15, 0.2) is 27.4 Å². The van der Waals surface area contributed by atoms with Crippen molar-refractivity contribution in [2.45, 2.75) is 12.6 Å². The molecule has 2 aromatic rings. The lowest BCUT2D eigenvalue weighted by atomic mass is 10.2. The molecule has 0 saturated carbocycles. The van der Waals surface area contributed by atoms with Crippen molar-refractivity contribution >= 4 is 22.7 Å². The van der Waals surface area contributed by atoms with Gasteiger partial charge in [0.05, 0.1) is 12.1 Å². The van der Waals surface area contributed by atoms with E-state index in [-0.39, 0.29) is 5.91 Å². The maximum atomic E-state index is 12.2. The molecule has 1 aromatic heterocycles. The van der Waals surface area contributed by atoms with Crippen LogP contribution in [0.5, 0.6) is 0 Å². The van der Waals surface area contributed by atoms with Crippen molar-refractivity contribution in [2.24, 2.45) is 0 Å². The smallest absolute Gasteiger partial charge is 0.408 e. The van der Waals surface area contributed by atoms with Gasteiger partial charge in [-0.25, -0.2) is 4.79 Å². The zero-order chi connectivity index (χ0) is 17.1. The number of nitrogens with zero attached hydrogens (tertiary/aromatic N) is 2. The zero-order valence-corrected chi connectivity index (χ0v) is 13.9. The van der Waals surface area contributed by atoms with Crippen LogP contribution in [-0.4, -0.2) is 61.8 Å². The first-order chi connectivity index (χ1) is 11.5. The Hall–Kier alpha value is -2.16. The van der Waals surface area contributed by atoms with Crippen LogP contribution >= 0.6 is 0 Å². The summed E-state index contributed by atoms with van der Waals surface area (Å²) in [5, 5.41) is 5.95. The molecule has 3 rings (SSSR count). The summed E-state index contributed by atoms with van der Waals surface area (Å²) in [6, 6.07) is 5.16. The number of ether oxygens (including phenoxy) is 1. The zero-order valence-electron chi connectivity index (χ0n) is 13.9. The molecule has 1 aliphatic rings. The van der Waals surface area contributed by atoms with E-state index in [4.69, 9.17) is 9.15 Å². The van der Waals surface area contributed by atoms with Gasteiger partial charge >= 0.3 is 5.76 Å². The Kier molecular flexibility index (Phi) is 4.98. The van der Waals surface area contributed by atoms with Gasteiger partial charge in [0.15, 0.2) is 5.58 Å². The van der Waals surface area contributed by atoms with Crippen molar-refractivity contribution in [3.05, 3.63) is 28.7 Å². The van der Waals surface area contributed by atoms with Gasteiger partial charge in [0, 0.05) is 31.9 Å². The van der Waals surface area contributed by atoms with E-state index in [0.29, 0.717) is 43.0 Å². The number of rotatable bonds is 5. The number of carbonyl (C=O) groups excluding carboxylic acids is 1. The summed E-state index contributed by atoms with van der Waals surface area (Å²) >= 11 is 0. The van der Waals surface area contributed by atoms with Gasteiger partial charge in [-0.3, -0.25) is 9.36 Å². The minimum absolute atomic E-state index is 0.202. The second-order valence-electron chi connectivity index (χ2n) is 6.06. The third kappa shape index (κ3) is 3.66. The van der Waals surface area contributed by atoms with E-state index in [1.165, 1.54) is 0 Å². The predicted octanol–water partition coefficient (Wildman–Crippen LogP) is 0.0830. The number of morpholine rings is 1. The summed E-state index contributed by atoms with van der Waals surface area (Å²) in [4.78, 5) is 26.2. The summed E-state index contributed by atoms with van der Waals surface area (Å²) < 4.78 is 12.3. The van der Waals surface area contributed by atoms with Crippen LogP contribution in [0.1, 0.15) is 0 Å². The van der Waals surface area contributed by atoms with E-state index in [1.807, 2.05) is 19.0 Å². The number of anilines is 1. The van der Waals surface area contributed by atoms with Crippen LogP contribution in [0.2, 0.25) is 0 Å². The first kappa shape index (κ1) is 16.7. The van der Waals surface area contributed by atoms with Crippen LogP contribution in [0, 0.1) is 0 Å². The lowest BCUT2D eigenvalue weighted by molar-refractivity contribution is -0.128. The van der Waals surface area contributed by atoms with Gasteiger partial charge in [-0.15, -0.1) is 0 Å². The van der Waals surface area contributed by atoms with E-state index < -0.39 is 11.9 Å². The third-order valence-electron chi connectivity index (χ3n) is 3.93. The van der Waals surface area contributed by atoms with Crippen molar-refractivity contribution < 1.29 is 13.9 Å². The highest BCUT2D eigenvalue weighted by molar-refractivity contribution is 5.96. The Bertz CT molecular complexity index is 774. The molecule has 1 aromatic carbocycles. The van der Waals surface area contributed by atoms with Crippen LogP contribution in [-0.2, 0) is 16.1 Å². The Morgan fingerprint density at radius 1 is 1.46 bits per heavy atom. The van der Waals surface area contributed by atoms with Gasteiger partial charge in [0.2, 0.25) is 0 Å². The fourth-order valence-corrected chi connectivity index (χ4v) is 2.61. The van der Waals surface area contributed by atoms with Crippen molar-refractivity contribution in [3.8, 4) is 0 Å². The van der Waals surface area contributed by atoms with Crippen molar-refractivity contribution in [1.29, 1.82) is 0 Å². The van der Waals surface area contributed by atoms with Crippen molar-refractivity contribution in [3.63, 3.8) is 0 Å². The average molecular weight is 334 g/mol. The Morgan fingerprint density at radius 3 is 3.00 bits per heavy atom. The highest BCUT2D eigenvalue weighted by Gasteiger charge is 2.22. The normalized spacial score (nSPS) is 18.2. The second kappa shape index (κ2) is 7.16. The molecule has 2 N–H and O–H groups in total. The van der Waals surface area contributed by atoms with E-state index in [9.17, 15) is 9.59 Å². The number of amides is 1. The van der Waals surface area contributed by atoms with Gasteiger partial charge in [-0.05, 0) is 32.3 Å². The number of carbonyl (C=O) groups is 1. The maximum Gasteiger partial charge on any atom is 0.419 e. The maximum absolute atomic E-state index is 12.2. The van der Waals surface area contributed by atoms with Gasteiger partial charge < -0.3 is 24.7 Å². The molecule has 0 spiro atoms. The Morgan fingerprint density at radius 2 is 2.29 bits per heavy atom. The first-order valence-corrected chi connectivity index (χ1v) is 7.96. The third-order valence-corrected chi connectivity index (χ3v) is 3.93. The molecule has 0 aliphatic carbocycles. The second-order valence-corrected chi connectivity index (χ2v) is 6.06.